The molecule has 264 valence electrons. The lowest BCUT2D eigenvalue weighted by atomic mass is 9.99. The smallest absolute Gasteiger partial charge is 0.246 e. The predicted molar refractivity (Wildman–Crippen MR) is 236 cm³/mol. The van der Waals surface area contributed by atoms with Crippen molar-refractivity contribution < 1.29 is 4.42 Å². The Morgan fingerprint density at radius 2 is 0.860 bits per heavy atom. The Kier molecular flexibility index (Phi) is 6.10. The van der Waals surface area contributed by atoms with E-state index in [0.717, 1.165) is 71.6 Å². The number of furan rings is 1. The van der Waals surface area contributed by atoms with Crippen LogP contribution in [0.3, 0.4) is 0 Å². The highest BCUT2D eigenvalue weighted by atomic mass is 16.3. The number of aromatic nitrogens is 4. The summed E-state index contributed by atoms with van der Waals surface area (Å²) in [7, 11) is 0. The minimum atomic E-state index is 0.545. The number of para-hydroxylation sites is 3. The molecule has 57 heavy (non-hydrogen) atoms. The molecule has 0 N–H and O–H groups in total. The van der Waals surface area contributed by atoms with Crippen LogP contribution in [0, 0.1) is 0 Å². The van der Waals surface area contributed by atoms with Crippen molar-refractivity contribution in [1.29, 1.82) is 0 Å². The first kappa shape index (κ1) is 30.6. The van der Waals surface area contributed by atoms with E-state index in [9.17, 15) is 0 Å². The van der Waals surface area contributed by atoms with Crippen molar-refractivity contribution in [3.8, 4) is 22.5 Å². The summed E-state index contributed by atoms with van der Waals surface area (Å²) in [6, 6.07) is 65.1. The largest absolute Gasteiger partial charge is 0.436 e. The third-order valence-corrected chi connectivity index (χ3v) is 11.9. The van der Waals surface area contributed by atoms with Crippen molar-refractivity contribution in [1.82, 2.24) is 19.1 Å². The molecule has 9 aromatic carbocycles. The minimum absolute atomic E-state index is 0.545. The Morgan fingerprint density at radius 3 is 1.60 bits per heavy atom. The van der Waals surface area contributed by atoms with E-state index in [0.29, 0.717) is 5.71 Å². The average molecular weight is 727 g/mol. The molecule has 5 nitrogen and oxygen atoms in total. The summed E-state index contributed by atoms with van der Waals surface area (Å²) < 4.78 is 11.2. The number of hydrogen-bond donors (Lipinski definition) is 0. The van der Waals surface area contributed by atoms with E-state index >= 15 is 0 Å². The molecule has 0 saturated heterocycles. The van der Waals surface area contributed by atoms with Crippen LogP contribution in [0.5, 0.6) is 0 Å². The summed E-state index contributed by atoms with van der Waals surface area (Å²) in [6.45, 7) is 0. The van der Waals surface area contributed by atoms with Gasteiger partial charge in [-0.05, 0) is 82.6 Å². The van der Waals surface area contributed by atoms with Crippen LogP contribution in [0.25, 0.3) is 121 Å². The fourth-order valence-corrected chi connectivity index (χ4v) is 9.36. The van der Waals surface area contributed by atoms with Crippen LogP contribution in [-0.4, -0.2) is 19.1 Å². The standard InChI is InChI=1S/C52H30N4O/c1-2-12-33(13-3-1)55-45-21-11-9-17-38(45)42-28-31(23-26-46(42)55)32-22-25-39-37-16-8-10-20-44(37)56(47(39)29-32)34-24-27-48-43(30-34)51-52(57-48)54-50-41-19-7-5-15-36(41)35-14-4-6-18-40(35)49(50)53-51/h1-30H. The molecule has 0 spiro atoms. The summed E-state index contributed by atoms with van der Waals surface area (Å²) >= 11 is 0. The molecule has 0 radical (unpaired) electrons. The second kappa shape index (κ2) is 11.4. The van der Waals surface area contributed by atoms with Gasteiger partial charge in [0.15, 0.2) is 0 Å². The van der Waals surface area contributed by atoms with Gasteiger partial charge in [-0.2, -0.15) is 0 Å². The van der Waals surface area contributed by atoms with Crippen LogP contribution in [0.15, 0.2) is 186 Å². The van der Waals surface area contributed by atoms with Crippen molar-refractivity contribution in [2.75, 3.05) is 0 Å². The van der Waals surface area contributed by atoms with Crippen molar-refractivity contribution in [2.24, 2.45) is 0 Å². The molecule has 0 unspecified atom stereocenters. The van der Waals surface area contributed by atoms with Crippen LogP contribution >= 0.6 is 0 Å². The SMILES string of the molecule is c1ccc(-n2c3ccccc3c3cc(-c4ccc5c6ccccc6n(-c6ccc7oc8nc9c%10ccccc%10c%10ccccc%10c9nc8c7c6)c5c4)ccc32)cc1. The Morgan fingerprint density at radius 1 is 0.316 bits per heavy atom. The van der Waals surface area contributed by atoms with Gasteiger partial charge in [-0.1, -0.05) is 121 Å². The van der Waals surface area contributed by atoms with Crippen LogP contribution in [-0.2, 0) is 0 Å². The van der Waals surface area contributed by atoms with Gasteiger partial charge >= 0.3 is 0 Å². The molecule has 5 heteroatoms. The average Bonchev–Trinajstić information content (AvgIpc) is 3.92. The van der Waals surface area contributed by atoms with Gasteiger partial charge in [-0.3, -0.25) is 0 Å². The Labute approximate surface area is 325 Å². The van der Waals surface area contributed by atoms with Crippen LogP contribution in [0.1, 0.15) is 0 Å². The zero-order valence-corrected chi connectivity index (χ0v) is 30.5. The molecule has 0 aliphatic rings. The lowest BCUT2D eigenvalue weighted by Crippen LogP contribution is -1.94. The fourth-order valence-electron chi connectivity index (χ4n) is 9.36. The summed E-state index contributed by atoms with van der Waals surface area (Å²) in [4.78, 5) is 10.5. The number of rotatable bonds is 3. The molecule has 13 aromatic rings. The molecule has 0 bridgehead atoms. The number of benzene rings is 9. The molecular formula is C52H30N4O. The maximum absolute atomic E-state index is 6.46. The summed E-state index contributed by atoms with van der Waals surface area (Å²) in [5, 5.41) is 10.3. The monoisotopic (exact) mass is 726 g/mol. The maximum atomic E-state index is 6.46. The Hall–Kier alpha value is -7.76. The highest BCUT2D eigenvalue weighted by molar-refractivity contribution is 6.24. The third kappa shape index (κ3) is 4.28. The molecule has 13 rings (SSSR count). The lowest BCUT2D eigenvalue weighted by molar-refractivity contribution is 0.655. The molecule has 0 amide bonds. The van der Waals surface area contributed by atoms with Crippen LogP contribution < -0.4 is 0 Å². The molecule has 0 aliphatic heterocycles. The number of fused-ring (bicyclic) bond motifs is 15. The Balaban J connectivity index is 1.03. The van der Waals surface area contributed by atoms with Crippen molar-refractivity contribution in [3.05, 3.63) is 182 Å². The first-order chi connectivity index (χ1) is 28.3. The van der Waals surface area contributed by atoms with Gasteiger partial charge in [0.2, 0.25) is 5.71 Å². The zero-order valence-electron chi connectivity index (χ0n) is 30.5. The van der Waals surface area contributed by atoms with Gasteiger partial charge in [0.25, 0.3) is 0 Å². The van der Waals surface area contributed by atoms with E-state index in [2.05, 4.69) is 191 Å². The topological polar surface area (TPSA) is 48.8 Å². The second-order valence-electron chi connectivity index (χ2n) is 15.0. The summed E-state index contributed by atoms with van der Waals surface area (Å²) in [5.41, 5.74) is 13.0. The van der Waals surface area contributed by atoms with E-state index in [4.69, 9.17) is 14.4 Å². The highest BCUT2D eigenvalue weighted by Gasteiger charge is 2.20. The Bertz CT molecular complexity index is 3810. The molecule has 4 aromatic heterocycles. The third-order valence-electron chi connectivity index (χ3n) is 11.9. The van der Waals surface area contributed by atoms with Gasteiger partial charge in [-0.25, -0.2) is 9.97 Å². The van der Waals surface area contributed by atoms with Crippen molar-refractivity contribution >= 4 is 98.4 Å². The molecule has 0 aliphatic carbocycles. The number of nitrogens with zero attached hydrogens (tertiary/aromatic N) is 4. The van der Waals surface area contributed by atoms with Gasteiger partial charge in [-0.15, -0.1) is 0 Å². The van der Waals surface area contributed by atoms with Crippen molar-refractivity contribution in [2.45, 2.75) is 0 Å². The highest BCUT2D eigenvalue weighted by Crippen LogP contribution is 2.40. The predicted octanol–water partition coefficient (Wildman–Crippen LogP) is 13.7. The van der Waals surface area contributed by atoms with Crippen molar-refractivity contribution in [3.63, 3.8) is 0 Å². The van der Waals surface area contributed by atoms with E-state index in [1.165, 1.54) is 43.5 Å². The molecule has 4 heterocycles. The van der Waals surface area contributed by atoms with Gasteiger partial charge < -0.3 is 13.6 Å². The maximum Gasteiger partial charge on any atom is 0.246 e. The number of hydrogen-bond acceptors (Lipinski definition) is 3. The van der Waals surface area contributed by atoms with Gasteiger partial charge in [0.1, 0.15) is 16.6 Å². The fraction of sp³-hybridized carbons (Fsp3) is 0. The minimum Gasteiger partial charge on any atom is -0.436 e. The summed E-state index contributed by atoms with van der Waals surface area (Å²) in [6.07, 6.45) is 0. The quantitative estimate of drug-likeness (QED) is 0.170. The van der Waals surface area contributed by atoms with Gasteiger partial charge in [0.05, 0.1) is 33.0 Å². The van der Waals surface area contributed by atoms with E-state index < -0.39 is 0 Å². The second-order valence-corrected chi connectivity index (χ2v) is 15.0. The first-order valence-corrected chi connectivity index (χ1v) is 19.3. The molecular weight excluding hydrogens is 697 g/mol. The van der Waals surface area contributed by atoms with E-state index in [1.54, 1.807) is 0 Å². The molecule has 0 fully saturated rings. The zero-order chi connectivity index (χ0) is 37.2. The summed E-state index contributed by atoms with van der Waals surface area (Å²) in [5.74, 6) is 0. The molecule has 0 atom stereocenters. The van der Waals surface area contributed by atoms with Crippen LogP contribution in [0.4, 0.5) is 0 Å². The first-order valence-electron chi connectivity index (χ1n) is 19.3. The molecule has 0 saturated carbocycles. The van der Waals surface area contributed by atoms with E-state index in [1.807, 2.05) is 0 Å². The van der Waals surface area contributed by atoms with Gasteiger partial charge in [0, 0.05) is 43.7 Å². The normalized spacial score (nSPS) is 12.2. The van der Waals surface area contributed by atoms with E-state index in [-0.39, 0.29) is 0 Å². The van der Waals surface area contributed by atoms with Crippen LogP contribution in [0.2, 0.25) is 0 Å². The lowest BCUT2D eigenvalue weighted by Gasteiger charge is -2.10.